The second-order valence-electron chi connectivity index (χ2n) is 5.35. The number of carbonyl (C=O) groups excluding carboxylic acids is 1. The Morgan fingerprint density at radius 1 is 1.55 bits per heavy atom. The van der Waals surface area contributed by atoms with E-state index in [9.17, 15) is 9.59 Å². The van der Waals surface area contributed by atoms with E-state index >= 15 is 0 Å². The number of nitrogens with zero attached hydrogens (tertiary/aromatic N) is 1. The molecule has 20 heavy (non-hydrogen) atoms. The van der Waals surface area contributed by atoms with Crippen LogP contribution in [0, 0.1) is 5.92 Å². The van der Waals surface area contributed by atoms with Crippen molar-refractivity contribution in [2.45, 2.75) is 32.2 Å². The van der Waals surface area contributed by atoms with Crippen molar-refractivity contribution in [3.8, 4) is 0 Å². The smallest absolute Gasteiger partial charge is 0.323 e. The van der Waals surface area contributed by atoms with Crippen LogP contribution in [0.3, 0.4) is 0 Å². The summed E-state index contributed by atoms with van der Waals surface area (Å²) in [4.78, 5) is 24.3. The number of aliphatic carboxylic acids is 1. The zero-order chi connectivity index (χ0) is 14.5. The number of furan rings is 1. The van der Waals surface area contributed by atoms with Gasteiger partial charge < -0.3 is 19.7 Å². The summed E-state index contributed by atoms with van der Waals surface area (Å²) in [7, 11) is 0. The fourth-order valence-electron chi connectivity index (χ4n) is 2.08. The zero-order valence-electron chi connectivity index (χ0n) is 11.5. The molecule has 2 amide bonds. The van der Waals surface area contributed by atoms with Gasteiger partial charge in [0.05, 0.1) is 6.26 Å². The number of carboxylic acid groups (broad SMARTS) is 1. The monoisotopic (exact) mass is 280 g/mol. The van der Waals surface area contributed by atoms with E-state index < -0.39 is 5.97 Å². The summed E-state index contributed by atoms with van der Waals surface area (Å²) in [6, 6.07) is 3.22. The van der Waals surface area contributed by atoms with Crippen molar-refractivity contribution in [2.75, 3.05) is 13.1 Å². The Labute approximate surface area is 117 Å². The van der Waals surface area contributed by atoms with Crippen LogP contribution in [0.4, 0.5) is 4.79 Å². The lowest BCUT2D eigenvalue weighted by Crippen LogP contribution is -2.47. The number of hydrogen-bond donors (Lipinski definition) is 2. The van der Waals surface area contributed by atoms with Crippen molar-refractivity contribution in [3.05, 3.63) is 24.2 Å². The van der Waals surface area contributed by atoms with E-state index in [0.29, 0.717) is 18.9 Å². The second-order valence-corrected chi connectivity index (χ2v) is 5.35. The molecule has 1 unspecified atom stereocenters. The topological polar surface area (TPSA) is 82.8 Å². The maximum atomic E-state index is 12.1. The number of carboxylic acids is 1. The lowest BCUT2D eigenvalue weighted by Gasteiger charge is -2.23. The van der Waals surface area contributed by atoms with Crippen molar-refractivity contribution >= 4 is 12.0 Å². The first-order chi connectivity index (χ1) is 9.54. The van der Waals surface area contributed by atoms with Gasteiger partial charge >= 0.3 is 12.0 Å². The van der Waals surface area contributed by atoms with Crippen molar-refractivity contribution in [3.63, 3.8) is 0 Å². The van der Waals surface area contributed by atoms with Crippen LogP contribution in [0.25, 0.3) is 0 Å². The molecule has 1 atom stereocenters. The van der Waals surface area contributed by atoms with Gasteiger partial charge in [-0.1, -0.05) is 0 Å². The average Bonchev–Trinajstić information content (AvgIpc) is 3.03. The molecule has 1 aliphatic rings. The molecule has 1 heterocycles. The number of nitrogens with one attached hydrogen (secondary N) is 1. The standard InChI is InChI=1S/C14H20N2O4/c1-10(7-12-3-2-6-20-12)15-14(19)16(9-13(17)18)8-11-4-5-11/h2-3,6,10-11H,4-5,7-9H2,1H3,(H,15,19)(H,17,18). The number of carbonyl (C=O) groups is 2. The lowest BCUT2D eigenvalue weighted by molar-refractivity contribution is -0.137. The Hall–Kier alpha value is -1.98. The van der Waals surface area contributed by atoms with Crippen LogP contribution in [-0.4, -0.2) is 41.1 Å². The maximum absolute atomic E-state index is 12.1. The number of amides is 2. The highest BCUT2D eigenvalue weighted by atomic mass is 16.4. The quantitative estimate of drug-likeness (QED) is 0.796. The molecule has 1 fully saturated rings. The molecule has 6 heteroatoms. The van der Waals surface area contributed by atoms with Gasteiger partial charge in [-0.15, -0.1) is 0 Å². The largest absolute Gasteiger partial charge is 0.480 e. The Bertz CT molecular complexity index is 454. The molecule has 110 valence electrons. The van der Waals surface area contributed by atoms with Crippen molar-refractivity contribution in [1.29, 1.82) is 0 Å². The Balaban J connectivity index is 1.84. The molecule has 1 aromatic heterocycles. The number of rotatable bonds is 7. The van der Waals surface area contributed by atoms with E-state index in [1.54, 1.807) is 12.3 Å². The highest BCUT2D eigenvalue weighted by Gasteiger charge is 2.28. The van der Waals surface area contributed by atoms with Gasteiger partial charge in [-0.05, 0) is 37.8 Å². The lowest BCUT2D eigenvalue weighted by atomic mass is 10.2. The molecule has 0 aromatic carbocycles. The first kappa shape index (κ1) is 14.4. The molecule has 0 spiro atoms. The van der Waals surface area contributed by atoms with E-state index in [1.807, 2.05) is 13.0 Å². The van der Waals surface area contributed by atoms with Crippen LogP contribution in [0.1, 0.15) is 25.5 Å². The fourth-order valence-corrected chi connectivity index (χ4v) is 2.08. The van der Waals surface area contributed by atoms with Crippen LogP contribution < -0.4 is 5.32 Å². The van der Waals surface area contributed by atoms with Crippen LogP contribution >= 0.6 is 0 Å². The second kappa shape index (κ2) is 6.45. The molecule has 0 radical (unpaired) electrons. The van der Waals surface area contributed by atoms with Gasteiger partial charge in [-0.3, -0.25) is 4.79 Å². The normalized spacial score (nSPS) is 15.7. The minimum absolute atomic E-state index is 0.107. The highest BCUT2D eigenvalue weighted by molar-refractivity contribution is 5.80. The zero-order valence-corrected chi connectivity index (χ0v) is 11.5. The Kier molecular flexibility index (Phi) is 4.65. The molecular weight excluding hydrogens is 260 g/mol. The van der Waals surface area contributed by atoms with Crippen LogP contribution in [-0.2, 0) is 11.2 Å². The molecule has 2 N–H and O–H groups in total. The average molecular weight is 280 g/mol. The fraction of sp³-hybridized carbons (Fsp3) is 0.571. The molecule has 0 bridgehead atoms. The molecule has 2 rings (SSSR count). The maximum Gasteiger partial charge on any atom is 0.323 e. The molecule has 1 aromatic rings. The van der Waals surface area contributed by atoms with Crippen molar-refractivity contribution in [2.24, 2.45) is 5.92 Å². The Morgan fingerprint density at radius 2 is 2.30 bits per heavy atom. The summed E-state index contributed by atoms with van der Waals surface area (Å²) in [5.41, 5.74) is 0. The predicted molar refractivity (Wildman–Crippen MR) is 72.3 cm³/mol. The van der Waals surface area contributed by atoms with E-state index in [1.165, 1.54) is 4.90 Å². The summed E-state index contributed by atoms with van der Waals surface area (Å²) in [6.07, 6.45) is 4.33. The Morgan fingerprint density at radius 3 is 2.85 bits per heavy atom. The van der Waals surface area contributed by atoms with Gasteiger partial charge in [0.15, 0.2) is 0 Å². The van der Waals surface area contributed by atoms with E-state index in [0.717, 1.165) is 18.6 Å². The molecular formula is C14H20N2O4. The minimum Gasteiger partial charge on any atom is -0.480 e. The third kappa shape index (κ3) is 4.60. The minimum atomic E-state index is -0.987. The first-order valence-electron chi connectivity index (χ1n) is 6.84. The molecule has 6 nitrogen and oxygen atoms in total. The molecule has 1 saturated carbocycles. The summed E-state index contributed by atoms with van der Waals surface area (Å²) in [5, 5.41) is 11.7. The third-order valence-electron chi connectivity index (χ3n) is 3.25. The van der Waals surface area contributed by atoms with Crippen molar-refractivity contribution < 1.29 is 19.1 Å². The van der Waals surface area contributed by atoms with Gasteiger partial charge in [0.2, 0.25) is 0 Å². The van der Waals surface area contributed by atoms with Gasteiger partial charge in [0, 0.05) is 19.0 Å². The molecule has 0 aliphatic heterocycles. The first-order valence-corrected chi connectivity index (χ1v) is 6.84. The van der Waals surface area contributed by atoms with Crippen LogP contribution in [0.2, 0.25) is 0 Å². The summed E-state index contributed by atoms with van der Waals surface area (Å²) < 4.78 is 5.23. The van der Waals surface area contributed by atoms with Gasteiger partial charge in [0.25, 0.3) is 0 Å². The number of urea groups is 1. The van der Waals surface area contributed by atoms with Crippen molar-refractivity contribution in [1.82, 2.24) is 10.2 Å². The highest BCUT2D eigenvalue weighted by Crippen LogP contribution is 2.29. The van der Waals surface area contributed by atoms with E-state index in [2.05, 4.69) is 5.32 Å². The third-order valence-corrected chi connectivity index (χ3v) is 3.25. The predicted octanol–water partition coefficient (Wildman–Crippen LogP) is 1.72. The molecule has 0 saturated heterocycles. The van der Waals surface area contributed by atoms with Gasteiger partial charge in [-0.25, -0.2) is 4.79 Å². The van der Waals surface area contributed by atoms with Crippen LogP contribution in [0.5, 0.6) is 0 Å². The SMILES string of the molecule is CC(Cc1ccco1)NC(=O)N(CC(=O)O)CC1CC1. The van der Waals surface area contributed by atoms with Gasteiger partial charge in [-0.2, -0.15) is 0 Å². The summed E-state index contributed by atoms with van der Waals surface area (Å²) in [5.74, 6) is 0.268. The summed E-state index contributed by atoms with van der Waals surface area (Å²) in [6.45, 7) is 2.14. The van der Waals surface area contributed by atoms with Gasteiger partial charge in [0.1, 0.15) is 12.3 Å². The van der Waals surface area contributed by atoms with E-state index in [4.69, 9.17) is 9.52 Å². The van der Waals surface area contributed by atoms with Crippen LogP contribution in [0.15, 0.2) is 22.8 Å². The molecule has 1 aliphatic carbocycles. The summed E-state index contributed by atoms with van der Waals surface area (Å²) >= 11 is 0. The number of hydrogen-bond acceptors (Lipinski definition) is 3. The van der Waals surface area contributed by atoms with E-state index in [-0.39, 0.29) is 18.6 Å².